The van der Waals surface area contributed by atoms with E-state index >= 15 is 0 Å². The molecule has 142 valence electrons. The van der Waals surface area contributed by atoms with Crippen LogP contribution in [0.25, 0.3) is 10.9 Å². The van der Waals surface area contributed by atoms with E-state index < -0.39 is 12.7 Å². The van der Waals surface area contributed by atoms with Crippen molar-refractivity contribution in [1.82, 2.24) is 9.47 Å². The van der Waals surface area contributed by atoms with Gasteiger partial charge in [0.1, 0.15) is 0 Å². The highest BCUT2D eigenvalue weighted by Gasteiger charge is 2.34. The van der Waals surface area contributed by atoms with Crippen LogP contribution in [0.5, 0.6) is 0 Å². The Morgan fingerprint density at radius 1 is 1.27 bits per heavy atom. The summed E-state index contributed by atoms with van der Waals surface area (Å²) in [7, 11) is 1.36. The van der Waals surface area contributed by atoms with E-state index in [0.29, 0.717) is 31.5 Å². The topological polar surface area (TPSA) is 34.5 Å². The Balaban J connectivity index is 1.79. The zero-order valence-corrected chi connectivity index (χ0v) is 14.9. The van der Waals surface area contributed by atoms with Crippen molar-refractivity contribution in [2.75, 3.05) is 26.7 Å². The van der Waals surface area contributed by atoms with Crippen LogP contribution in [0.4, 0.5) is 13.2 Å². The molecule has 26 heavy (non-hydrogen) atoms. The molecule has 1 atom stereocenters. The number of nitrogens with zero attached hydrogens (tertiary/aromatic N) is 2. The van der Waals surface area contributed by atoms with Gasteiger partial charge in [0, 0.05) is 23.1 Å². The second kappa shape index (κ2) is 7.31. The van der Waals surface area contributed by atoms with Crippen molar-refractivity contribution < 1.29 is 22.7 Å². The summed E-state index contributed by atoms with van der Waals surface area (Å²) in [4.78, 5) is 13.5. The highest BCUT2D eigenvalue weighted by atomic mass is 19.4. The molecule has 2 aromatic rings. The number of alkyl halides is 3. The third-order valence-corrected chi connectivity index (χ3v) is 5.30. The van der Waals surface area contributed by atoms with Crippen molar-refractivity contribution in [1.29, 1.82) is 0 Å². The van der Waals surface area contributed by atoms with E-state index in [1.807, 2.05) is 30.5 Å². The number of ether oxygens (including phenoxy) is 1. The molecule has 1 aromatic heterocycles. The van der Waals surface area contributed by atoms with E-state index in [4.69, 9.17) is 4.74 Å². The van der Waals surface area contributed by atoms with E-state index in [1.54, 1.807) is 0 Å². The van der Waals surface area contributed by atoms with Gasteiger partial charge < -0.3 is 9.30 Å². The third-order valence-electron chi connectivity index (χ3n) is 5.30. The van der Waals surface area contributed by atoms with Crippen LogP contribution >= 0.6 is 0 Å². The standard InChI is InChI=1S/C19H23F3N2O2/c1-13(14-7-9-23(10-8-14)12-19(20,21)22)24-11-16(18(25)26-2)15-5-3-4-6-17(15)24/h3-6,11,13-14H,7-10,12H2,1-2H3. The summed E-state index contributed by atoms with van der Waals surface area (Å²) < 4.78 is 44.6. The number of halogens is 3. The van der Waals surface area contributed by atoms with Crippen molar-refractivity contribution in [3.63, 3.8) is 0 Å². The first-order valence-corrected chi connectivity index (χ1v) is 8.77. The van der Waals surface area contributed by atoms with E-state index in [-0.39, 0.29) is 17.9 Å². The number of esters is 1. The SMILES string of the molecule is COC(=O)c1cn(C(C)C2CCN(CC(F)(F)F)CC2)c2ccccc12. The first-order valence-electron chi connectivity index (χ1n) is 8.77. The number of fused-ring (bicyclic) bond motifs is 1. The lowest BCUT2D eigenvalue weighted by molar-refractivity contribution is -0.149. The second-order valence-electron chi connectivity index (χ2n) is 6.93. The predicted octanol–water partition coefficient (Wildman–Crippen LogP) is 4.26. The van der Waals surface area contributed by atoms with Crippen molar-refractivity contribution in [2.45, 2.75) is 32.0 Å². The first kappa shape index (κ1) is 18.8. The lowest BCUT2D eigenvalue weighted by atomic mass is 9.90. The van der Waals surface area contributed by atoms with Gasteiger partial charge in [-0.3, -0.25) is 4.90 Å². The quantitative estimate of drug-likeness (QED) is 0.756. The Morgan fingerprint density at radius 3 is 2.54 bits per heavy atom. The van der Waals surface area contributed by atoms with Crippen LogP contribution in [0.3, 0.4) is 0 Å². The van der Waals surface area contributed by atoms with Gasteiger partial charge in [-0.25, -0.2) is 4.79 Å². The molecule has 1 aliphatic heterocycles. The van der Waals surface area contributed by atoms with Gasteiger partial charge in [0.25, 0.3) is 0 Å². The van der Waals surface area contributed by atoms with Crippen LogP contribution in [-0.2, 0) is 4.74 Å². The summed E-state index contributed by atoms with van der Waals surface area (Å²) in [6.45, 7) is 2.11. The van der Waals surface area contributed by atoms with Crippen molar-refractivity contribution in [3.05, 3.63) is 36.0 Å². The number of carbonyl (C=O) groups is 1. The van der Waals surface area contributed by atoms with E-state index in [9.17, 15) is 18.0 Å². The summed E-state index contributed by atoms with van der Waals surface area (Å²) in [5, 5.41) is 0.834. The Morgan fingerprint density at radius 2 is 1.92 bits per heavy atom. The van der Waals surface area contributed by atoms with Gasteiger partial charge in [-0.1, -0.05) is 18.2 Å². The third kappa shape index (κ3) is 3.87. The highest BCUT2D eigenvalue weighted by Crippen LogP contribution is 2.34. The molecular formula is C19H23F3N2O2. The Labute approximate surface area is 150 Å². The monoisotopic (exact) mass is 368 g/mol. The number of methoxy groups -OCH3 is 1. The molecule has 0 N–H and O–H groups in total. The van der Waals surface area contributed by atoms with Gasteiger partial charge in [-0.15, -0.1) is 0 Å². The molecule has 7 heteroatoms. The summed E-state index contributed by atoms with van der Waals surface area (Å²) in [6.07, 6.45) is -0.928. The lowest BCUT2D eigenvalue weighted by Crippen LogP contribution is -2.41. The molecule has 2 heterocycles. The predicted molar refractivity (Wildman–Crippen MR) is 93.2 cm³/mol. The van der Waals surface area contributed by atoms with Gasteiger partial charge in [-0.2, -0.15) is 13.2 Å². The van der Waals surface area contributed by atoms with Crippen LogP contribution in [-0.4, -0.2) is 48.4 Å². The van der Waals surface area contributed by atoms with Crippen LogP contribution in [0.15, 0.2) is 30.5 Å². The van der Waals surface area contributed by atoms with Crippen molar-refractivity contribution in [2.24, 2.45) is 5.92 Å². The number of aromatic nitrogens is 1. The molecule has 1 aliphatic rings. The fraction of sp³-hybridized carbons (Fsp3) is 0.526. The molecule has 0 radical (unpaired) electrons. The second-order valence-corrected chi connectivity index (χ2v) is 6.93. The van der Waals surface area contributed by atoms with Crippen LogP contribution in [0.1, 0.15) is 36.2 Å². The van der Waals surface area contributed by atoms with Crippen LogP contribution in [0, 0.1) is 5.92 Å². The Hall–Kier alpha value is -2.02. The fourth-order valence-electron chi connectivity index (χ4n) is 3.89. The normalized spacial score (nSPS) is 18.2. The number of likely N-dealkylation sites (tertiary alicyclic amines) is 1. The van der Waals surface area contributed by atoms with E-state index in [0.717, 1.165) is 10.9 Å². The maximum absolute atomic E-state index is 12.6. The van der Waals surface area contributed by atoms with E-state index in [2.05, 4.69) is 11.5 Å². The van der Waals surface area contributed by atoms with Gasteiger partial charge in [0.15, 0.2) is 0 Å². The number of hydrogen-bond acceptors (Lipinski definition) is 3. The molecule has 1 fully saturated rings. The molecule has 1 saturated heterocycles. The maximum atomic E-state index is 12.6. The van der Waals surface area contributed by atoms with Gasteiger partial charge in [0.2, 0.25) is 0 Å². The molecule has 1 aromatic carbocycles. The molecular weight excluding hydrogens is 345 g/mol. The highest BCUT2D eigenvalue weighted by molar-refractivity contribution is 6.04. The first-order chi connectivity index (χ1) is 12.3. The molecule has 0 bridgehead atoms. The zero-order valence-electron chi connectivity index (χ0n) is 14.9. The Bertz CT molecular complexity index is 777. The van der Waals surface area contributed by atoms with Gasteiger partial charge >= 0.3 is 12.1 Å². The maximum Gasteiger partial charge on any atom is 0.401 e. The largest absolute Gasteiger partial charge is 0.465 e. The zero-order chi connectivity index (χ0) is 18.9. The number of piperidine rings is 1. The van der Waals surface area contributed by atoms with Gasteiger partial charge in [-0.05, 0) is 44.8 Å². The van der Waals surface area contributed by atoms with Crippen LogP contribution < -0.4 is 0 Å². The average molecular weight is 368 g/mol. The molecule has 3 rings (SSSR count). The smallest absolute Gasteiger partial charge is 0.401 e. The summed E-state index contributed by atoms with van der Waals surface area (Å²) in [5.41, 5.74) is 1.46. The minimum Gasteiger partial charge on any atom is -0.465 e. The molecule has 1 unspecified atom stereocenters. The molecule has 4 nitrogen and oxygen atoms in total. The molecule has 0 aliphatic carbocycles. The fourth-order valence-corrected chi connectivity index (χ4v) is 3.89. The average Bonchev–Trinajstić information content (AvgIpc) is 2.99. The number of para-hydroxylation sites is 1. The molecule has 0 amide bonds. The van der Waals surface area contributed by atoms with Crippen molar-refractivity contribution in [3.8, 4) is 0 Å². The summed E-state index contributed by atoms with van der Waals surface area (Å²) >= 11 is 0. The van der Waals surface area contributed by atoms with Crippen LogP contribution in [0.2, 0.25) is 0 Å². The summed E-state index contributed by atoms with van der Waals surface area (Å²) in [5.74, 6) is -0.118. The minimum atomic E-state index is -4.15. The summed E-state index contributed by atoms with van der Waals surface area (Å²) in [6, 6.07) is 7.72. The van der Waals surface area contributed by atoms with Crippen molar-refractivity contribution >= 4 is 16.9 Å². The molecule has 0 saturated carbocycles. The Kier molecular flexibility index (Phi) is 5.27. The minimum absolute atomic E-state index is 0.0892. The number of rotatable bonds is 4. The number of benzene rings is 1. The number of hydrogen-bond donors (Lipinski definition) is 0. The lowest BCUT2D eigenvalue weighted by Gasteiger charge is -2.35. The molecule has 0 spiro atoms. The number of carbonyl (C=O) groups excluding carboxylic acids is 1. The van der Waals surface area contributed by atoms with E-state index in [1.165, 1.54) is 12.0 Å². The van der Waals surface area contributed by atoms with Gasteiger partial charge in [0.05, 0.1) is 19.2 Å².